The summed E-state index contributed by atoms with van der Waals surface area (Å²) in [7, 11) is 0. The average molecular weight is 140 g/mol. The highest BCUT2D eigenvalue weighted by Crippen LogP contribution is 2.53. The summed E-state index contributed by atoms with van der Waals surface area (Å²) in [5.74, 6) is 3.84. The second kappa shape index (κ2) is 2.23. The molecule has 1 aliphatic carbocycles. The SMILES string of the molecule is CC(C)CC1C2COCC21. The van der Waals surface area contributed by atoms with Gasteiger partial charge in [-0.15, -0.1) is 0 Å². The van der Waals surface area contributed by atoms with Crippen LogP contribution in [0.4, 0.5) is 0 Å². The van der Waals surface area contributed by atoms with E-state index in [9.17, 15) is 0 Å². The van der Waals surface area contributed by atoms with E-state index >= 15 is 0 Å². The molecule has 1 heterocycles. The molecule has 0 amide bonds. The van der Waals surface area contributed by atoms with Crippen molar-refractivity contribution >= 4 is 0 Å². The smallest absolute Gasteiger partial charge is 0.0500 e. The predicted octanol–water partition coefficient (Wildman–Crippen LogP) is 1.92. The minimum Gasteiger partial charge on any atom is -0.381 e. The Labute approximate surface area is 62.8 Å². The largest absolute Gasteiger partial charge is 0.381 e. The molecule has 2 unspecified atom stereocenters. The Hall–Kier alpha value is -0.0400. The van der Waals surface area contributed by atoms with Crippen molar-refractivity contribution in [2.24, 2.45) is 23.7 Å². The zero-order valence-electron chi connectivity index (χ0n) is 6.84. The van der Waals surface area contributed by atoms with Crippen molar-refractivity contribution in [1.29, 1.82) is 0 Å². The monoisotopic (exact) mass is 140 g/mol. The summed E-state index contributed by atoms with van der Waals surface area (Å²) in [6.45, 7) is 6.74. The fourth-order valence-electron chi connectivity index (χ4n) is 2.25. The van der Waals surface area contributed by atoms with E-state index in [2.05, 4.69) is 13.8 Å². The summed E-state index contributed by atoms with van der Waals surface area (Å²) in [6.07, 6.45) is 1.43. The van der Waals surface area contributed by atoms with Gasteiger partial charge in [0.1, 0.15) is 0 Å². The van der Waals surface area contributed by atoms with Crippen LogP contribution >= 0.6 is 0 Å². The highest BCUT2D eigenvalue weighted by molar-refractivity contribution is 5.00. The van der Waals surface area contributed by atoms with E-state index in [1.54, 1.807) is 0 Å². The van der Waals surface area contributed by atoms with Gasteiger partial charge in [-0.05, 0) is 30.1 Å². The lowest BCUT2D eigenvalue weighted by molar-refractivity contribution is 0.147. The Kier molecular flexibility index (Phi) is 1.48. The van der Waals surface area contributed by atoms with Gasteiger partial charge in [0.25, 0.3) is 0 Å². The van der Waals surface area contributed by atoms with Gasteiger partial charge in [-0.2, -0.15) is 0 Å². The van der Waals surface area contributed by atoms with Crippen LogP contribution in [0.15, 0.2) is 0 Å². The highest BCUT2D eigenvalue weighted by atomic mass is 16.5. The minimum absolute atomic E-state index is 0.885. The normalized spacial score (nSPS) is 44.1. The van der Waals surface area contributed by atoms with Gasteiger partial charge in [0.15, 0.2) is 0 Å². The van der Waals surface area contributed by atoms with E-state index in [0.29, 0.717) is 0 Å². The molecule has 1 aliphatic heterocycles. The summed E-state index contributed by atoms with van der Waals surface area (Å²) >= 11 is 0. The molecule has 0 bridgehead atoms. The van der Waals surface area contributed by atoms with Crippen LogP contribution in [0.3, 0.4) is 0 Å². The Morgan fingerprint density at radius 1 is 1.30 bits per heavy atom. The van der Waals surface area contributed by atoms with E-state index in [1.165, 1.54) is 6.42 Å². The van der Waals surface area contributed by atoms with Gasteiger partial charge in [-0.1, -0.05) is 13.8 Å². The molecule has 0 N–H and O–H groups in total. The maximum Gasteiger partial charge on any atom is 0.0500 e. The summed E-state index contributed by atoms with van der Waals surface area (Å²) < 4.78 is 5.32. The first-order valence-electron chi connectivity index (χ1n) is 4.37. The lowest BCUT2D eigenvalue weighted by Crippen LogP contribution is -2.00. The molecule has 2 aliphatic rings. The van der Waals surface area contributed by atoms with Gasteiger partial charge >= 0.3 is 0 Å². The molecule has 2 fully saturated rings. The first-order valence-corrected chi connectivity index (χ1v) is 4.37. The number of rotatable bonds is 2. The number of hydrogen-bond acceptors (Lipinski definition) is 1. The zero-order chi connectivity index (χ0) is 7.14. The second-order valence-electron chi connectivity index (χ2n) is 4.16. The van der Waals surface area contributed by atoms with Crippen molar-refractivity contribution < 1.29 is 4.74 Å². The van der Waals surface area contributed by atoms with Crippen molar-refractivity contribution in [3.05, 3.63) is 0 Å². The molecule has 0 radical (unpaired) electrons. The summed E-state index contributed by atoms with van der Waals surface area (Å²) in [4.78, 5) is 0. The van der Waals surface area contributed by atoms with Crippen LogP contribution in [0.2, 0.25) is 0 Å². The molecule has 2 atom stereocenters. The van der Waals surface area contributed by atoms with Crippen molar-refractivity contribution in [2.75, 3.05) is 13.2 Å². The quantitative estimate of drug-likeness (QED) is 0.569. The molecular weight excluding hydrogens is 124 g/mol. The van der Waals surface area contributed by atoms with Crippen molar-refractivity contribution in [3.8, 4) is 0 Å². The van der Waals surface area contributed by atoms with Crippen LogP contribution < -0.4 is 0 Å². The van der Waals surface area contributed by atoms with E-state index < -0.39 is 0 Å². The molecular formula is C9H16O. The fourth-order valence-corrected chi connectivity index (χ4v) is 2.25. The zero-order valence-corrected chi connectivity index (χ0v) is 6.84. The Morgan fingerprint density at radius 2 is 1.90 bits per heavy atom. The summed E-state index contributed by atoms with van der Waals surface area (Å²) in [5, 5.41) is 0. The van der Waals surface area contributed by atoms with Gasteiger partial charge in [0, 0.05) is 0 Å². The van der Waals surface area contributed by atoms with Gasteiger partial charge < -0.3 is 4.74 Å². The van der Waals surface area contributed by atoms with Crippen LogP contribution in [-0.2, 0) is 4.74 Å². The molecule has 10 heavy (non-hydrogen) atoms. The second-order valence-corrected chi connectivity index (χ2v) is 4.16. The van der Waals surface area contributed by atoms with Crippen LogP contribution in [-0.4, -0.2) is 13.2 Å². The molecule has 2 rings (SSSR count). The topological polar surface area (TPSA) is 9.23 Å². The summed E-state index contributed by atoms with van der Waals surface area (Å²) in [5.41, 5.74) is 0. The van der Waals surface area contributed by atoms with Gasteiger partial charge in [-0.25, -0.2) is 0 Å². The van der Waals surface area contributed by atoms with Crippen LogP contribution in [0.25, 0.3) is 0 Å². The Morgan fingerprint density at radius 3 is 2.40 bits per heavy atom. The third-order valence-corrected chi connectivity index (χ3v) is 2.87. The van der Waals surface area contributed by atoms with E-state index in [4.69, 9.17) is 4.74 Å². The van der Waals surface area contributed by atoms with Crippen LogP contribution in [0.5, 0.6) is 0 Å². The van der Waals surface area contributed by atoms with Crippen LogP contribution in [0, 0.1) is 23.7 Å². The number of hydrogen-bond donors (Lipinski definition) is 0. The molecule has 0 aromatic heterocycles. The first kappa shape index (κ1) is 6.66. The number of fused-ring (bicyclic) bond motifs is 1. The Balaban J connectivity index is 1.79. The molecule has 0 spiro atoms. The third-order valence-electron chi connectivity index (χ3n) is 2.87. The molecule has 1 saturated carbocycles. The molecule has 0 aromatic carbocycles. The Bertz CT molecular complexity index is 121. The number of ether oxygens (including phenoxy) is 1. The third kappa shape index (κ3) is 0.968. The lowest BCUT2D eigenvalue weighted by Gasteiger charge is -2.05. The molecule has 1 heteroatoms. The average Bonchev–Trinajstić information content (AvgIpc) is 2.40. The van der Waals surface area contributed by atoms with Crippen molar-refractivity contribution in [2.45, 2.75) is 20.3 Å². The molecule has 0 aromatic rings. The van der Waals surface area contributed by atoms with E-state index in [-0.39, 0.29) is 0 Å². The van der Waals surface area contributed by atoms with E-state index in [1.807, 2.05) is 0 Å². The molecule has 58 valence electrons. The first-order chi connectivity index (χ1) is 4.79. The molecule has 1 saturated heterocycles. The summed E-state index contributed by atoms with van der Waals surface area (Å²) in [6, 6.07) is 0. The van der Waals surface area contributed by atoms with Crippen molar-refractivity contribution in [3.63, 3.8) is 0 Å². The highest BCUT2D eigenvalue weighted by Gasteiger charge is 2.53. The van der Waals surface area contributed by atoms with Crippen molar-refractivity contribution in [1.82, 2.24) is 0 Å². The van der Waals surface area contributed by atoms with Gasteiger partial charge in [-0.3, -0.25) is 0 Å². The predicted molar refractivity (Wildman–Crippen MR) is 40.7 cm³/mol. The van der Waals surface area contributed by atoms with E-state index in [0.717, 1.165) is 36.9 Å². The van der Waals surface area contributed by atoms with Gasteiger partial charge in [0.05, 0.1) is 13.2 Å². The molecule has 1 nitrogen and oxygen atoms in total. The standard InChI is InChI=1S/C9H16O/c1-6(2)3-7-8-4-10-5-9(7)8/h6-9H,3-5H2,1-2H3. The minimum atomic E-state index is 0.885. The van der Waals surface area contributed by atoms with Gasteiger partial charge in [0.2, 0.25) is 0 Å². The lowest BCUT2D eigenvalue weighted by atomic mass is 10.1. The van der Waals surface area contributed by atoms with Crippen LogP contribution in [0.1, 0.15) is 20.3 Å². The fraction of sp³-hybridized carbons (Fsp3) is 1.00. The maximum absolute atomic E-state index is 5.32. The maximum atomic E-state index is 5.32.